The number of pyridine rings is 2. The molecule has 0 aromatic carbocycles. The maximum absolute atomic E-state index is 13.1. The molecule has 2 aromatic rings. The summed E-state index contributed by atoms with van der Waals surface area (Å²) in [4.78, 5) is 37.9. The molecule has 1 fully saturated rings. The molecule has 29 heavy (non-hydrogen) atoms. The molecule has 0 spiro atoms. The van der Waals surface area contributed by atoms with Crippen molar-refractivity contribution in [1.29, 1.82) is 0 Å². The molecule has 2 aromatic heterocycles. The topological polar surface area (TPSA) is 84.9 Å². The van der Waals surface area contributed by atoms with Crippen LogP contribution in [0.15, 0.2) is 36.7 Å². The summed E-state index contributed by atoms with van der Waals surface area (Å²) >= 11 is 0. The number of ether oxygens (including phenoxy) is 2. The largest absolute Gasteiger partial charge is 0.477 e. The van der Waals surface area contributed by atoms with Gasteiger partial charge in [0.1, 0.15) is 11.1 Å². The van der Waals surface area contributed by atoms with Crippen LogP contribution in [0, 0.1) is 0 Å². The van der Waals surface area contributed by atoms with E-state index in [-0.39, 0.29) is 17.9 Å². The van der Waals surface area contributed by atoms with E-state index in [1.807, 2.05) is 20.8 Å². The van der Waals surface area contributed by atoms with Crippen molar-refractivity contribution in [3.05, 3.63) is 47.8 Å². The van der Waals surface area contributed by atoms with E-state index in [0.717, 1.165) is 0 Å². The number of carbonyl (C=O) groups is 2. The molecule has 0 bridgehead atoms. The Morgan fingerprint density at radius 3 is 2.03 bits per heavy atom. The van der Waals surface area contributed by atoms with Gasteiger partial charge in [0.05, 0.1) is 13.2 Å². The number of rotatable bonds is 6. The first-order valence-corrected chi connectivity index (χ1v) is 9.82. The third kappa shape index (κ3) is 4.47. The highest BCUT2D eigenvalue weighted by Crippen LogP contribution is 2.23. The summed E-state index contributed by atoms with van der Waals surface area (Å²) in [6.07, 6.45) is 3.20. The van der Waals surface area contributed by atoms with E-state index in [0.29, 0.717) is 55.7 Å². The SMILES string of the molecule is CCOc1ncccc1C(=O)N1CCN(C(=O)c2cccnc2OCC)[C@H](C)C1. The lowest BCUT2D eigenvalue weighted by Crippen LogP contribution is -2.55. The second-order valence-electron chi connectivity index (χ2n) is 6.68. The highest BCUT2D eigenvalue weighted by Gasteiger charge is 2.33. The fourth-order valence-electron chi connectivity index (χ4n) is 3.38. The van der Waals surface area contributed by atoms with E-state index < -0.39 is 0 Å². The molecule has 154 valence electrons. The van der Waals surface area contributed by atoms with E-state index >= 15 is 0 Å². The lowest BCUT2D eigenvalue weighted by atomic mass is 10.1. The molecule has 1 aliphatic heterocycles. The first-order valence-electron chi connectivity index (χ1n) is 9.82. The first kappa shape index (κ1) is 20.6. The monoisotopic (exact) mass is 398 g/mol. The molecule has 2 amide bonds. The fraction of sp³-hybridized carbons (Fsp3) is 0.429. The molecular weight excluding hydrogens is 372 g/mol. The number of aromatic nitrogens is 2. The summed E-state index contributed by atoms with van der Waals surface area (Å²) in [5, 5.41) is 0. The normalized spacial score (nSPS) is 16.4. The summed E-state index contributed by atoms with van der Waals surface area (Å²) in [5.41, 5.74) is 0.874. The second kappa shape index (κ2) is 9.36. The van der Waals surface area contributed by atoms with Crippen LogP contribution in [0.3, 0.4) is 0 Å². The number of hydrogen-bond donors (Lipinski definition) is 0. The lowest BCUT2D eigenvalue weighted by molar-refractivity contribution is 0.0409. The van der Waals surface area contributed by atoms with E-state index in [4.69, 9.17) is 9.47 Å². The standard InChI is InChI=1S/C21H26N4O4/c1-4-28-18-16(8-6-10-22-18)20(26)24-12-13-25(15(3)14-24)21(27)17-9-7-11-23-19(17)29-5-2/h6-11,15H,4-5,12-14H2,1-3H3/t15-/m1/s1. The summed E-state index contributed by atoms with van der Waals surface area (Å²) in [5.74, 6) is 0.389. The fourth-order valence-corrected chi connectivity index (χ4v) is 3.38. The summed E-state index contributed by atoms with van der Waals surface area (Å²) in [6, 6.07) is 6.72. The molecule has 0 N–H and O–H groups in total. The molecule has 1 atom stereocenters. The Morgan fingerprint density at radius 2 is 1.52 bits per heavy atom. The summed E-state index contributed by atoms with van der Waals surface area (Å²) in [7, 11) is 0. The molecule has 0 saturated carbocycles. The zero-order chi connectivity index (χ0) is 20.8. The van der Waals surface area contributed by atoms with Crippen LogP contribution in [-0.4, -0.2) is 70.5 Å². The van der Waals surface area contributed by atoms with Crippen LogP contribution in [-0.2, 0) is 0 Å². The minimum Gasteiger partial charge on any atom is -0.477 e. The van der Waals surface area contributed by atoms with Crippen molar-refractivity contribution in [3.8, 4) is 11.8 Å². The number of piperazine rings is 1. The quantitative estimate of drug-likeness (QED) is 0.742. The summed E-state index contributed by atoms with van der Waals surface area (Å²) in [6.45, 7) is 7.78. The minimum atomic E-state index is -0.151. The predicted molar refractivity (Wildman–Crippen MR) is 107 cm³/mol. The number of carbonyl (C=O) groups excluding carboxylic acids is 2. The van der Waals surface area contributed by atoms with Crippen LogP contribution in [0.1, 0.15) is 41.5 Å². The third-order valence-corrected chi connectivity index (χ3v) is 4.74. The van der Waals surface area contributed by atoms with Crippen molar-refractivity contribution in [1.82, 2.24) is 19.8 Å². The van der Waals surface area contributed by atoms with E-state index in [1.165, 1.54) is 0 Å². The van der Waals surface area contributed by atoms with Crippen LogP contribution >= 0.6 is 0 Å². The average Bonchev–Trinajstić information content (AvgIpc) is 2.74. The molecule has 3 rings (SSSR count). The minimum absolute atomic E-state index is 0.141. The van der Waals surface area contributed by atoms with E-state index in [1.54, 1.807) is 46.5 Å². The van der Waals surface area contributed by atoms with Gasteiger partial charge in [0.25, 0.3) is 11.8 Å². The van der Waals surface area contributed by atoms with Crippen LogP contribution in [0.5, 0.6) is 11.8 Å². The van der Waals surface area contributed by atoms with Gasteiger partial charge in [-0.3, -0.25) is 9.59 Å². The van der Waals surface area contributed by atoms with Crippen LogP contribution in [0.4, 0.5) is 0 Å². The molecule has 0 radical (unpaired) electrons. The van der Waals surface area contributed by atoms with Gasteiger partial charge < -0.3 is 19.3 Å². The predicted octanol–water partition coefficient (Wildman–Crippen LogP) is 2.26. The maximum Gasteiger partial charge on any atom is 0.259 e. The van der Waals surface area contributed by atoms with Gasteiger partial charge in [-0.15, -0.1) is 0 Å². The van der Waals surface area contributed by atoms with Gasteiger partial charge in [0, 0.05) is 38.1 Å². The van der Waals surface area contributed by atoms with Crippen LogP contribution < -0.4 is 9.47 Å². The molecule has 1 saturated heterocycles. The Bertz CT molecular complexity index is 873. The maximum atomic E-state index is 13.1. The van der Waals surface area contributed by atoms with Crippen molar-refractivity contribution >= 4 is 11.8 Å². The number of nitrogens with zero attached hydrogens (tertiary/aromatic N) is 4. The molecule has 8 heteroatoms. The van der Waals surface area contributed by atoms with Gasteiger partial charge in [-0.1, -0.05) is 0 Å². The van der Waals surface area contributed by atoms with Gasteiger partial charge >= 0.3 is 0 Å². The van der Waals surface area contributed by atoms with Crippen molar-refractivity contribution < 1.29 is 19.1 Å². The molecule has 1 aliphatic rings. The van der Waals surface area contributed by atoms with Crippen LogP contribution in [0.2, 0.25) is 0 Å². The molecule has 0 unspecified atom stereocenters. The van der Waals surface area contributed by atoms with Crippen molar-refractivity contribution in [2.45, 2.75) is 26.8 Å². The first-order chi connectivity index (χ1) is 14.1. The lowest BCUT2D eigenvalue weighted by Gasteiger charge is -2.40. The second-order valence-corrected chi connectivity index (χ2v) is 6.68. The van der Waals surface area contributed by atoms with Gasteiger partial charge in [-0.05, 0) is 45.0 Å². The smallest absolute Gasteiger partial charge is 0.259 e. The zero-order valence-electron chi connectivity index (χ0n) is 17.0. The third-order valence-electron chi connectivity index (χ3n) is 4.74. The number of amides is 2. The number of hydrogen-bond acceptors (Lipinski definition) is 6. The Hall–Kier alpha value is -3.16. The van der Waals surface area contributed by atoms with Crippen LogP contribution in [0.25, 0.3) is 0 Å². The Morgan fingerprint density at radius 1 is 0.966 bits per heavy atom. The molecule has 0 aliphatic carbocycles. The van der Waals surface area contributed by atoms with Gasteiger partial charge in [-0.25, -0.2) is 9.97 Å². The Labute approximate surface area is 170 Å². The highest BCUT2D eigenvalue weighted by atomic mass is 16.5. The van der Waals surface area contributed by atoms with Gasteiger partial charge in [0.15, 0.2) is 0 Å². The van der Waals surface area contributed by atoms with Gasteiger partial charge in [0.2, 0.25) is 11.8 Å². The average molecular weight is 398 g/mol. The van der Waals surface area contributed by atoms with E-state index in [2.05, 4.69) is 9.97 Å². The Kier molecular flexibility index (Phi) is 6.64. The van der Waals surface area contributed by atoms with Crippen molar-refractivity contribution in [2.24, 2.45) is 0 Å². The van der Waals surface area contributed by atoms with Crippen molar-refractivity contribution in [2.75, 3.05) is 32.8 Å². The molecular formula is C21H26N4O4. The van der Waals surface area contributed by atoms with E-state index in [9.17, 15) is 9.59 Å². The highest BCUT2D eigenvalue weighted by molar-refractivity contribution is 5.98. The van der Waals surface area contributed by atoms with Gasteiger partial charge in [-0.2, -0.15) is 0 Å². The zero-order valence-corrected chi connectivity index (χ0v) is 17.0. The van der Waals surface area contributed by atoms with Crippen molar-refractivity contribution in [3.63, 3.8) is 0 Å². The Balaban J connectivity index is 1.73. The summed E-state index contributed by atoms with van der Waals surface area (Å²) < 4.78 is 11.0. The molecule has 8 nitrogen and oxygen atoms in total. The molecule has 3 heterocycles.